The highest BCUT2D eigenvalue weighted by Crippen LogP contribution is 2.31. The lowest BCUT2D eigenvalue weighted by Crippen LogP contribution is -2.43. The van der Waals surface area contributed by atoms with Gasteiger partial charge in [-0.2, -0.15) is 0 Å². The minimum absolute atomic E-state index is 0.0178. The molecule has 1 aliphatic carbocycles. The summed E-state index contributed by atoms with van der Waals surface area (Å²) in [6, 6.07) is 0.120. The summed E-state index contributed by atoms with van der Waals surface area (Å²) in [5, 5.41) is 3.11. The molecule has 1 aromatic heterocycles. The number of carbonyl (C=O) groups excluding carboxylic acids is 1. The molecule has 7 heteroatoms. The lowest BCUT2D eigenvalue weighted by Gasteiger charge is -2.30. The van der Waals surface area contributed by atoms with Gasteiger partial charge in [-0.05, 0) is 30.6 Å². The molecule has 2 aliphatic rings. The number of amides is 1. The van der Waals surface area contributed by atoms with Crippen LogP contribution in [0.2, 0.25) is 0 Å². The summed E-state index contributed by atoms with van der Waals surface area (Å²) in [4.78, 5) is 42.2. The van der Waals surface area contributed by atoms with Crippen molar-refractivity contribution in [3.8, 4) is 0 Å². The summed E-state index contributed by atoms with van der Waals surface area (Å²) < 4.78 is 0. The molecule has 0 bridgehead atoms. The molecule has 0 aromatic carbocycles. The smallest absolute Gasteiger partial charge is 0.325 e. The predicted molar refractivity (Wildman–Crippen MR) is 95.4 cm³/mol. The number of aromatic amines is 2. The number of hydrogen-bond acceptors (Lipinski definition) is 4. The Kier molecular flexibility index (Phi) is 5.42. The maximum atomic E-state index is 12.4. The lowest BCUT2D eigenvalue weighted by atomic mass is 9.85. The van der Waals surface area contributed by atoms with Crippen LogP contribution in [0.1, 0.15) is 38.7 Å². The number of aromatic nitrogens is 2. The largest absolute Gasteiger partial charge is 0.351 e. The molecular weight excluding hydrogens is 320 g/mol. The third-order valence-corrected chi connectivity index (χ3v) is 5.63. The number of likely N-dealkylation sites (tertiary alicyclic amines) is 1. The summed E-state index contributed by atoms with van der Waals surface area (Å²) in [5.41, 5.74) is -0.781. The van der Waals surface area contributed by atoms with E-state index in [1.165, 1.54) is 25.5 Å². The van der Waals surface area contributed by atoms with Gasteiger partial charge in [0.05, 0.1) is 6.42 Å². The fourth-order valence-corrected chi connectivity index (χ4v) is 3.93. The molecule has 2 atom stereocenters. The van der Waals surface area contributed by atoms with Crippen LogP contribution in [0.4, 0.5) is 0 Å². The minimum atomic E-state index is -0.559. The van der Waals surface area contributed by atoms with Gasteiger partial charge in [-0.3, -0.25) is 14.6 Å². The Bertz CT molecular complexity index is 720. The normalized spacial score (nSPS) is 24.4. The van der Waals surface area contributed by atoms with Crippen molar-refractivity contribution in [1.82, 2.24) is 20.2 Å². The Morgan fingerprint density at radius 1 is 1.32 bits per heavy atom. The number of carbonyl (C=O) groups is 1. The average Bonchev–Trinajstić information content (AvgIpc) is 2.89. The van der Waals surface area contributed by atoms with Crippen LogP contribution >= 0.6 is 0 Å². The van der Waals surface area contributed by atoms with E-state index in [2.05, 4.69) is 34.0 Å². The van der Waals surface area contributed by atoms with Crippen LogP contribution < -0.4 is 16.6 Å². The number of H-pyrrole nitrogens is 2. The zero-order valence-corrected chi connectivity index (χ0v) is 15.0. The SMILES string of the molecule is CC(C)[C@@H]1CN(CC2CCC2)C[C@H]1NC(=O)Cc1c[nH]c(=O)[nH]c1=O. The van der Waals surface area contributed by atoms with Gasteiger partial charge in [-0.1, -0.05) is 20.3 Å². The molecule has 1 aromatic rings. The first-order valence-corrected chi connectivity index (χ1v) is 9.25. The van der Waals surface area contributed by atoms with Crippen molar-refractivity contribution < 1.29 is 4.79 Å². The fraction of sp³-hybridized carbons (Fsp3) is 0.722. The highest BCUT2D eigenvalue weighted by molar-refractivity contribution is 5.78. The van der Waals surface area contributed by atoms with Crippen LogP contribution in [-0.2, 0) is 11.2 Å². The lowest BCUT2D eigenvalue weighted by molar-refractivity contribution is -0.121. The third-order valence-electron chi connectivity index (χ3n) is 5.63. The van der Waals surface area contributed by atoms with Crippen molar-refractivity contribution in [3.63, 3.8) is 0 Å². The number of nitrogens with zero attached hydrogens (tertiary/aromatic N) is 1. The maximum Gasteiger partial charge on any atom is 0.325 e. The van der Waals surface area contributed by atoms with Crippen LogP contribution in [0.25, 0.3) is 0 Å². The van der Waals surface area contributed by atoms with E-state index in [4.69, 9.17) is 0 Å². The van der Waals surface area contributed by atoms with Gasteiger partial charge in [0.15, 0.2) is 0 Å². The molecule has 3 rings (SSSR count). The van der Waals surface area contributed by atoms with Crippen molar-refractivity contribution in [2.75, 3.05) is 19.6 Å². The molecule has 3 N–H and O–H groups in total. The Balaban J connectivity index is 1.59. The molecule has 1 aliphatic heterocycles. The van der Waals surface area contributed by atoms with E-state index in [9.17, 15) is 14.4 Å². The molecule has 1 saturated carbocycles. The molecule has 7 nitrogen and oxygen atoms in total. The van der Waals surface area contributed by atoms with Gasteiger partial charge in [-0.25, -0.2) is 4.79 Å². The molecule has 2 heterocycles. The van der Waals surface area contributed by atoms with Gasteiger partial charge in [-0.15, -0.1) is 0 Å². The highest BCUT2D eigenvalue weighted by atomic mass is 16.2. The molecule has 1 amide bonds. The predicted octanol–water partition coefficient (Wildman–Crippen LogP) is 0.478. The molecule has 0 spiro atoms. The number of hydrogen-bond donors (Lipinski definition) is 3. The molecule has 0 unspecified atom stereocenters. The van der Waals surface area contributed by atoms with Crippen LogP contribution in [0, 0.1) is 17.8 Å². The Morgan fingerprint density at radius 2 is 2.08 bits per heavy atom. The molecular formula is C18H28N4O3. The first-order chi connectivity index (χ1) is 11.9. The van der Waals surface area contributed by atoms with E-state index in [-0.39, 0.29) is 23.9 Å². The molecule has 0 radical (unpaired) electrons. The monoisotopic (exact) mass is 348 g/mol. The van der Waals surface area contributed by atoms with Gasteiger partial charge in [0.1, 0.15) is 0 Å². The van der Waals surface area contributed by atoms with Crippen molar-refractivity contribution in [2.24, 2.45) is 17.8 Å². The second-order valence-electron chi connectivity index (χ2n) is 7.87. The van der Waals surface area contributed by atoms with Gasteiger partial charge < -0.3 is 15.2 Å². The minimum Gasteiger partial charge on any atom is -0.351 e. The van der Waals surface area contributed by atoms with Crippen LogP contribution in [-0.4, -0.2) is 46.5 Å². The standard InChI is InChI=1S/C18H28N4O3/c1-11(2)14-9-22(8-12-4-3-5-12)10-15(14)20-16(23)6-13-7-19-18(25)21-17(13)24/h7,11-12,14-15H,3-6,8-10H2,1-2H3,(H,20,23)(H2,19,21,24,25)/t14-,15+/m0/s1. The van der Waals surface area contributed by atoms with Gasteiger partial charge in [0, 0.05) is 37.4 Å². The third kappa shape index (κ3) is 4.39. The van der Waals surface area contributed by atoms with Gasteiger partial charge in [0.2, 0.25) is 5.91 Å². The summed E-state index contributed by atoms with van der Waals surface area (Å²) >= 11 is 0. The second kappa shape index (κ2) is 7.56. The van der Waals surface area contributed by atoms with E-state index in [1.807, 2.05) is 0 Å². The van der Waals surface area contributed by atoms with Crippen LogP contribution in [0.15, 0.2) is 15.8 Å². The molecule has 2 fully saturated rings. The summed E-state index contributed by atoms with van der Waals surface area (Å²) in [7, 11) is 0. The zero-order valence-electron chi connectivity index (χ0n) is 15.0. The van der Waals surface area contributed by atoms with E-state index < -0.39 is 11.2 Å². The van der Waals surface area contributed by atoms with E-state index in [0.717, 1.165) is 25.6 Å². The summed E-state index contributed by atoms with van der Waals surface area (Å²) in [5.74, 6) is 1.58. The van der Waals surface area contributed by atoms with Gasteiger partial charge in [0.25, 0.3) is 5.56 Å². The van der Waals surface area contributed by atoms with Crippen molar-refractivity contribution in [2.45, 2.75) is 45.6 Å². The van der Waals surface area contributed by atoms with Crippen LogP contribution in [0.3, 0.4) is 0 Å². The van der Waals surface area contributed by atoms with Crippen molar-refractivity contribution in [1.29, 1.82) is 0 Å². The molecule has 25 heavy (non-hydrogen) atoms. The van der Waals surface area contributed by atoms with E-state index in [1.54, 1.807) is 0 Å². The zero-order chi connectivity index (χ0) is 18.0. The first kappa shape index (κ1) is 17.9. The maximum absolute atomic E-state index is 12.4. The van der Waals surface area contributed by atoms with E-state index in [0.29, 0.717) is 11.8 Å². The van der Waals surface area contributed by atoms with Crippen molar-refractivity contribution in [3.05, 3.63) is 32.6 Å². The van der Waals surface area contributed by atoms with Crippen molar-refractivity contribution >= 4 is 5.91 Å². The van der Waals surface area contributed by atoms with Crippen LogP contribution in [0.5, 0.6) is 0 Å². The van der Waals surface area contributed by atoms with Gasteiger partial charge >= 0.3 is 5.69 Å². The Morgan fingerprint density at radius 3 is 2.68 bits per heavy atom. The quantitative estimate of drug-likeness (QED) is 0.696. The first-order valence-electron chi connectivity index (χ1n) is 9.25. The molecule has 138 valence electrons. The second-order valence-corrected chi connectivity index (χ2v) is 7.87. The Labute approximate surface area is 147 Å². The average molecular weight is 348 g/mol. The topological polar surface area (TPSA) is 98.1 Å². The molecule has 1 saturated heterocycles. The summed E-state index contributed by atoms with van der Waals surface area (Å²) in [6.45, 7) is 7.44. The number of nitrogens with one attached hydrogen (secondary N) is 3. The fourth-order valence-electron chi connectivity index (χ4n) is 3.93. The Hall–Kier alpha value is -1.89. The highest BCUT2D eigenvalue weighted by Gasteiger charge is 2.36. The number of rotatable bonds is 6. The summed E-state index contributed by atoms with van der Waals surface area (Å²) in [6.07, 6.45) is 5.30. The van der Waals surface area contributed by atoms with E-state index >= 15 is 0 Å².